The first kappa shape index (κ1) is 13.9. The summed E-state index contributed by atoms with van der Waals surface area (Å²) < 4.78 is 10.1. The first-order valence-electron chi connectivity index (χ1n) is 7.22. The molecule has 0 amide bonds. The van der Waals surface area contributed by atoms with Gasteiger partial charge in [0.2, 0.25) is 0 Å². The van der Waals surface area contributed by atoms with Gasteiger partial charge in [0.25, 0.3) is 0 Å². The van der Waals surface area contributed by atoms with Gasteiger partial charge in [0.05, 0.1) is 19.2 Å². The minimum Gasteiger partial charge on any atom is -0.467 e. The second-order valence-electron chi connectivity index (χ2n) is 5.40. The van der Waals surface area contributed by atoms with Crippen LogP contribution in [0.2, 0.25) is 0 Å². The number of benzene rings is 1. The number of esters is 1. The van der Waals surface area contributed by atoms with Gasteiger partial charge in [-0.05, 0) is 30.4 Å². The first-order valence-corrected chi connectivity index (χ1v) is 7.22. The number of ether oxygens (including phenoxy) is 1. The fourth-order valence-corrected chi connectivity index (χ4v) is 2.56. The van der Waals surface area contributed by atoms with E-state index < -0.39 is 0 Å². The maximum absolute atomic E-state index is 11.4. The van der Waals surface area contributed by atoms with Crippen LogP contribution >= 0.6 is 0 Å². The Morgan fingerprint density at radius 2 is 2.14 bits per heavy atom. The zero-order chi connectivity index (χ0) is 14.7. The predicted octanol–water partition coefficient (Wildman–Crippen LogP) is 3.31. The predicted molar refractivity (Wildman–Crippen MR) is 78.8 cm³/mol. The molecule has 1 unspecified atom stereocenters. The van der Waals surface area contributed by atoms with E-state index in [-0.39, 0.29) is 5.97 Å². The molecule has 1 N–H and O–H groups in total. The van der Waals surface area contributed by atoms with Crippen LogP contribution in [-0.2, 0) is 11.3 Å². The van der Waals surface area contributed by atoms with Gasteiger partial charge in [-0.1, -0.05) is 30.3 Å². The van der Waals surface area contributed by atoms with Crippen molar-refractivity contribution in [2.24, 2.45) is 5.92 Å². The van der Waals surface area contributed by atoms with E-state index in [1.807, 2.05) is 6.07 Å². The summed E-state index contributed by atoms with van der Waals surface area (Å²) in [7, 11) is 1.37. The van der Waals surface area contributed by atoms with E-state index in [9.17, 15) is 4.79 Å². The van der Waals surface area contributed by atoms with Gasteiger partial charge in [0.15, 0.2) is 0 Å². The standard InChI is InChI=1S/C17H19NO3/c1-20-17(19)14-9-15(21-11-14)10-18-16(13-7-8-13)12-5-3-2-4-6-12/h2-6,9,11,13,16,18H,7-8,10H2,1H3. The molecular formula is C17H19NO3. The summed E-state index contributed by atoms with van der Waals surface area (Å²) in [6.07, 6.45) is 3.97. The molecule has 0 bridgehead atoms. The van der Waals surface area contributed by atoms with Crippen LogP contribution in [0.1, 0.15) is 40.6 Å². The van der Waals surface area contributed by atoms with Crippen molar-refractivity contribution in [1.29, 1.82) is 0 Å². The van der Waals surface area contributed by atoms with Crippen LogP contribution in [0, 0.1) is 5.92 Å². The summed E-state index contributed by atoms with van der Waals surface area (Å²) in [4.78, 5) is 11.4. The molecule has 3 rings (SSSR count). The third kappa shape index (κ3) is 3.34. The minimum atomic E-state index is -0.369. The van der Waals surface area contributed by atoms with Crippen molar-refractivity contribution in [2.75, 3.05) is 7.11 Å². The molecule has 2 aromatic rings. The number of hydrogen-bond acceptors (Lipinski definition) is 4. The molecule has 110 valence electrons. The molecule has 1 aliphatic rings. The van der Waals surface area contributed by atoms with Crippen LogP contribution in [0.3, 0.4) is 0 Å². The normalized spacial score (nSPS) is 15.7. The van der Waals surface area contributed by atoms with Crippen molar-refractivity contribution in [3.63, 3.8) is 0 Å². The third-order valence-electron chi connectivity index (χ3n) is 3.82. The molecule has 1 saturated carbocycles. The Kier molecular flexibility index (Phi) is 4.06. The van der Waals surface area contributed by atoms with Gasteiger partial charge in [-0.2, -0.15) is 0 Å². The van der Waals surface area contributed by atoms with Gasteiger partial charge in [-0.3, -0.25) is 0 Å². The molecular weight excluding hydrogens is 266 g/mol. The number of carbonyl (C=O) groups is 1. The van der Waals surface area contributed by atoms with E-state index >= 15 is 0 Å². The highest BCUT2D eigenvalue weighted by molar-refractivity contribution is 5.88. The van der Waals surface area contributed by atoms with Crippen LogP contribution < -0.4 is 5.32 Å². The van der Waals surface area contributed by atoms with Crippen molar-refractivity contribution >= 4 is 5.97 Å². The molecule has 1 fully saturated rings. The fraction of sp³-hybridized carbons (Fsp3) is 0.353. The quantitative estimate of drug-likeness (QED) is 0.827. The summed E-state index contributed by atoms with van der Waals surface area (Å²) in [5.74, 6) is 1.08. The Morgan fingerprint density at radius 3 is 2.81 bits per heavy atom. The minimum absolute atomic E-state index is 0.345. The summed E-state index contributed by atoms with van der Waals surface area (Å²) >= 11 is 0. The summed E-state index contributed by atoms with van der Waals surface area (Å²) in [6.45, 7) is 0.604. The zero-order valence-corrected chi connectivity index (χ0v) is 12.0. The van der Waals surface area contributed by atoms with Crippen LogP contribution in [0.4, 0.5) is 0 Å². The second-order valence-corrected chi connectivity index (χ2v) is 5.40. The number of nitrogens with one attached hydrogen (secondary N) is 1. The Bertz CT molecular complexity index is 602. The van der Waals surface area contributed by atoms with Crippen LogP contribution in [0.5, 0.6) is 0 Å². The van der Waals surface area contributed by atoms with Crippen LogP contribution in [0.15, 0.2) is 47.1 Å². The smallest absolute Gasteiger partial charge is 0.341 e. The highest BCUT2D eigenvalue weighted by Crippen LogP contribution is 2.41. The molecule has 1 heterocycles. The van der Waals surface area contributed by atoms with Gasteiger partial charge >= 0.3 is 5.97 Å². The van der Waals surface area contributed by atoms with Gasteiger partial charge in [-0.15, -0.1) is 0 Å². The van der Waals surface area contributed by atoms with E-state index in [0.717, 1.165) is 5.76 Å². The number of hydrogen-bond donors (Lipinski definition) is 1. The van der Waals surface area contributed by atoms with E-state index in [1.165, 1.54) is 31.8 Å². The molecule has 0 saturated heterocycles. The maximum atomic E-state index is 11.4. The van der Waals surface area contributed by atoms with Crippen molar-refractivity contribution in [3.05, 3.63) is 59.5 Å². The highest BCUT2D eigenvalue weighted by Gasteiger charge is 2.32. The van der Waals surface area contributed by atoms with Crippen molar-refractivity contribution in [1.82, 2.24) is 5.32 Å². The molecule has 1 aromatic heterocycles. The molecule has 4 nitrogen and oxygen atoms in total. The topological polar surface area (TPSA) is 51.5 Å². The van der Waals surface area contributed by atoms with Crippen molar-refractivity contribution in [3.8, 4) is 0 Å². The lowest BCUT2D eigenvalue weighted by Gasteiger charge is -2.18. The van der Waals surface area contributed by atoms with Gasteiger partial charge in [-0.25, -0.2) is 4.79 Å². The average molecular weight is 285 g/mol. The number of carbonyl (C=O) groups excluding carboxylic acids is 1. The lowest BCUT2D eigenvalue weighted by atomic mass is 10.0. The fourth-order valence-electron chi connectivity index (χ4n) is 2.56. The molecule has 1 atom stereocenters. The maximum Gasteiger partial charge on any atom is 0.341 e. The van der Waals surface area contributed by atoms with E-state index in [0.29, 0.717) is 24.1 Å². The monoisotopic (exact) mass is 285 g/mol. The van der Waals surface area contributed by atoms with Gasteiger partial charge in [0, 0.05) is 6.04 Å². The van der Waals surface area contributed by atoms with Crippen molar-refractivity contribution in [2.45, 2.75) is 25.4 Å². The van der Waals surface area contributed by atoms with Crippen LogP contribution in [0.25, 0.3) is 0 Å². The first-order chi connectivity index (χ1) is 10.3. The lowest BCUT2D eigenvalue weighted by molar-refractivity contribution is 0.0600. The molecule has 0 spiro atoms. The zero-order valence-electron chi connectivity index (χ0n) is 12.0. The summed E-state index contributed by atoms with van der Waals surface area (Å²) in [6, 6.07) is 12.5. The summed E-state index contributed by atoms with van der Waals surface area (Å²) in [5.41, 5.74) is 1.76. The Balaban J connectivity index is 1.65. The molecule has 1 aromatic carbocycles. The van der Waals surface area contributed by atoms with Gasteiger partial charge in [0.1, 0.15) is 12.0 Å². The Labute approximate surface area is 124 Å². The van der Waals surface area contributed by atoms with Crippen molar-refractivity contribution < 1.29 is 13.9 Å². The van der Waals surface area contributed by atoms with E-state index in [4.69, 9.17) is 4.42 Å². The number of rotatable bonds is 6. The molecule has 0 radical (unpaired) electrons. The molecule has 1 aliphatic carbocycles. The average Bonchev–Trinajstić information content (AvgIpc) is 3.25. The molecule has 0 aliphatic heterocycles. The third-order valence-corrected chi connectivity index (χ3v) is 3.82. The van der Waals surface area contributed by atoms with E-state index in [2.05, 4.69) is 34.3 Å². The lowest BCUT2D eigenvalue weighted by Crippen LogP contribution is -2.22. The largest absolute Gasteiger partial charge is 0.467 e. The van der Waals surface area contributed by atoms with Crippen LogP contribution in [-0.4, -0.2) is 13.1 Å². The second kappa shape index (κ2) is 6.14. The van der Waals surface area contributed by atoms with Gasteiger partial charge < -0.3 is 14.5 Å². The van der Waals surface area contributed by atoms with E-state index in [1.54, 1.807) is 6.07 Å². The Hall–Kier alpha value is -2.07. The number of furan rings is 1. The summed E-state index contributed by atoms with van der Waals surface area (Å²) in [5, 5.41) is 3.54. The SMILES string of the molecule is COC(=O)c1coc(CNC(c2ccccc2)C2CC2)c1. The molecule has 21 heavy (non-hydrogen) atoms. The highest BCUT2D eigenvalue weighted by atomic mass is 16.5. The Morgan fingerprint density at radius 1 is 1.38 bits per heavy atom. The number of methoxy groups -OCH3 is 1. The molecule has 4 heteroatoms.